The molecule has 2 rings (SSSR count). The van der Waals surface area contributed by atoms with Crippen molar-refractivity contribution in [3.63, 3.8) is 0 Å². The van der Waals surface area contributed by atoms with Crippen molar-refractivity contribution in [3.05, 3.63) is 59.4 Å². The van der Waals surface area contributed by atoms with Gasteiger partial charge in [-0.2, -0.15) is 0 Å². The van der Waals surface area contributed by atoms with E-state index >= 15 is 0 Å². The van der Waals surface area contributed by atoms with E-state index in [0.29, 0.717) is 18.0 Å². The summed E-state index contributed by atoms with van der Waals surface area (Å²) in [6.07, 6.45) is 2.72. The molecule has 0 aliphatic carbocycles. The molecule has 1 amide bonds. The van der Waals surface area contributed by atoms with Crippen molar-refractivity contribution in [3.8, 4) is 5.75 Å². The summed E-state index contributed by atoms with van der Waals surface area (Å²) in [7, 11) is 0. The Morgan fingerprint density at radius 1 is 1.25 bits per heavy atom. The van der Waals surface area contributed by atoms with Gasteiger partial charge in [0, 0.05) is 12.7 Å². The number of pyridine rings is 1. The van der Waals surface area contributed by atoms with Crippen LogP contribution in [-0.4, -0.2) is 16.0 Å². The first kappa shape index (κ1) is 14.1. The number of nitrogens with one attached hydrogen (secondary N) is 1. The highest BCUT2D eigenvalue weighted by molar-refractivity contribution is 5.94. The number of amides is 1. The van der Waals surface area contributed by atoms with E-state index in [9.17, 15) is 9.90 Å². The lowest BCUT2D eigenvalue weighted by molar-refractivity contribution is 0.0950. The lowest BCUT2D eigenvalue weighted by Crippen LogP contribution is -2.22. The number of aromatic nitrogens is 1. The minimum atomic E-state index is -0.249. The van der Waals surface area contributed by atoms with Gasteiger partial charge in [-0.05, 0) is 23.1 Å². The van der Waals surface area contributed by atoms with Crippen LogP contribution in [0.3, 0.4) is 0 Å². The van der Waals surface area contributed by atoms with Crippen LogP contribution in [0.4, 0.5) is 0 Å². The monoisotopic (exact) mass is 270 g/mol. The minimum Gasteiger partial charge on any atom is -0.506 e. The summed E-state index contributed by atoms with van der Waals surface area (Å²) in [4.78, 5) is 15.7. The Bertz CT molecular complexity index is 592. The minimum absolute atomic E-state index is 0.0149. The summed E-state index contributed by atoms with van der Waals surface area (Å²) >= 11 is 0. The van der Waals surface area contributed by atoms with Crippen LogP contribution in [0.5, 0.6) is 5.75 Å². The van der Waals surface area contributed by atoms with Crippen LogP contribution in [0.1, 0.15) is 41.3 Å². The summed E-state index contributed by atoms with van der Waals surface area (Å²) in [6, 6.07) is 9.56. The zero-order valence-electron chi connectivity index (χ0n) is 11.6. The van der Waals surface area contributed by atoms with Gasteiger partial charge in [0.1, 0.15) is 5.75 Å². The molecule has 104 valence electrons. The smallest absolute Gasteiger partial charge is 0.253 e. The molecule has 0 bridgehead atoms. The maximum atomic E-state index is 11.9. The zero-order chi connectivity index (χ0) is 14.5. The highest BCUT2D eigenvalue weighted by atomic mass is 16.3. The molecule has 0 unspecified atom stereocenters. The number of carbonyl (C=O) groups is 1. The summed E-state index contributed by atoms with van der Waals surface area (Å²) in [5.41, 5.74) is 2.66. The molecule has 1 aromatic carbocycles. The SMILES string of the molecule is CC(C)c1ccc(CNC(=O)c2cncc(O)c2)cc1. The standard InChI is InChI=1S/C16H18N2O2/c1-11(2)13-5-3-12(4-6-13)8-18-16(20)14-7-15(19)10-17-9-14/h3-7,9-11,19H,8H2,1-2H3,(H,18,20). The van der Waals surface area contributed by atoms with Gasteiger partial charge >= 0.3 is 0 Å². The van der Waals surface area contributed by atoms with E-state index in [4.69, 9.17) is 0 Å². The molecule has 2 aromatic rings. The van der Waals surface area contributed by atoms with Gasteiger partial charge in [-0.15, -0.1) is 0 Å². The van der Waals surface area contributed by atoms with Gasteiger partial charge in [0.05, 0.1) is 11.8 Å². The average Bonchev–Trinajstić information content (AvgIpc) is 2.45. The van der Waals surface area contributed by atoms with Crippen LogP contribution >= 0.6 is 0 Å². The lowest BCUT2D eigenvalue weighted by atomic mass is 10.0. The van der Waals surface area contributed by atoms with Crippen molar-refractivity contribution in [2.45, 2.75) is 26.3 Å². The van der Waals surface area contributed by atoms with Crippen molar-refractivity contribution < 1.29 is 9.90 Å². The molecule has 0 atom stereocenters. The molecule has 0 aliphatic rings. The molecule has 4 nitrogen and oxygen atoms in total. The molecule has 1 heterocycles. The van der Waals surface area contributed by atoms with Gasteiger partial charge in [0.15, 0.2) is 0 Å². The third-order valence-corrected chi connectivity index (χ3v) is 3.09. The second-order valence-electron chi connectivity index (χ2n) is 5.01. The average molecular weight is 270 g/mol. The first-order chi connectivity index (χ1) is 9.56. The van der Waals surface area contributed by atoms with Gasteiger partial charge in [0.2, 0.25) is 0 Å². The van der Waals surface area contributed by atoms with E-state index in [1.807, 2.05) is 12.1 Å². The molecular weight excluding hydrogens is 252 g/mol. The van der Waals surface area contributed by atoms with Crippen LogP contribution in [-0.2, 0) is 6.54 Å². The third kappa shape index (κ3) is 3.57. The van der Waals surface area contributed by atoms with E-state index in [0.717, 1.165) is 5.56 Å². The molecule has 20 heavy (non-hydrogen) atoms. The molecule has 2 N–H and O–H groups in total. The Hall–Kier alpha value is -2.36. The molecule has 0 aliphatic heterocycles. The van der Waals surface area contributed by atoms with Crippen LogP contribution in [0.25, 0.3) is 0 Å². The van der Waals surface area contributed by atoms with Gasteiger partial charge < -0.3 is 10.4 Å². The number of hydrogen-bond donors (Lipinski definition) is 2. The quantitative estimate of drug-likeness (QED) is 0.898. The maximum absolute atomic E-state index is 11.9. The predicted molar refractivity (Wildman–Crippen MR) is 77.6 cm³/mol. The molecule has 0 saturated carbocycles. The highest BCUT2D eigenvalue weighted by Crippen LogP contribution is 2.14. The molecule has 0 fully saturated rings. The van der Waals surface area contributed by atoms with Crippen molar-refractivity contribution in [1.29, 1.82) is 0 Å². The van der Waals surface area contributed by atoms with Crippen LogP contribution in [0, 0.1) is 0 Å². The number of rotatable bonds is 4. The second-order valence-corrected chi connectivity index (χ2v) is 5.01. The molecule has 0 spiro atoms. The van der Waals surface area contributed by atoms with Crippen molar-refractivity contribution >= 4 is 5.91 Å². The first-order valence-corrected chi connectivity index (χ1v) is 6.57. The number of carbonyl (C=O) groups excluding carboxylic acids is 1. The van der Waals surface area contributed by atoms with Crippen LogP contribution in [0.15, 0.2) is 42.7 Å². The Balaban J connectivity index is 1.96. The van der Waals surface area contributed by atoms with E-state index < -0.39 is 0 Å². The fraction of sp³-hybridized carbons (Fsp3) is 0.250. The van der Waals surface area contributed by atoms with Gasteiger partial charge in [-0.25, -0.2) is 0 Å². The lowest BCUT2D eigenvalue weighted by Gasteiger charge is -2.08. The summed E-state index contributed by atoms with van der Waals surface area (Å²) in [5.74, 6) is 0.234. The zero-order valence-corrected chi connectivity index (χ0v) is 11.6. The van der Waals surface area contributed by atoms with Crippen molar-refractivity contribution in [2.24, 2.45) is 0 Å². The maximum Gasteiger partial charge on any atom is 0.253 e. The number of aromatic hydroxyl groups is 1. The van der Waals surface area contributed by atoms with E-state index in [2.05, 4.69) is 36.3 Å². The number of nitrogens with zero attached hydrogens (tertiary/aromatic N) is 1. The Morgan fingerprint density at radius 3 is 2.55 bits per heavy atom. The van der Waals surface area contributed by atoms with Crippen molar-refractivity contribution in [2.75, 3.05) is 0 Å². The number of hydrogen-bond acceptors (Lipinski definition) is 3. The van der Waals surface area contributed by atoms with E-state index in [-0.39, 0.29) is 11.7 Å². The first-order valence-electron chi connectivity index (χ1n) is 6.57. The van der Waals surface area contributed by atoms with Gasteiger partial charge in [0.25, 0.3) is 5.91 Å². The summed E-state index contributed by atoms with van der Waals surface area (Å²) < 4.78 is 0. The molecule has 0 saturated heterocycles. The normalized spacial score (nSPS) is 10.6. The Kier molecular flexibility index (Phi) is 4.35. The fourth-order valence-electron chi connectivity index (χ4n) is 1.86. The van der Waals surface area contributed by atoms with Gasteiger partial charge in [-0.3, -0.25) is 9.78 Å². The summed E-state index contributed by atoms with van der Waals surface area (Å²) in [6.45, 7) is 4.74. The molecule has 0 radical (unpaired) electrons. The van der Waals surface area contributed by atoms with E-state index in [1.54, 1.807) is 0 Å². The molecular formula is C16H18N2O2. The highest BCUT2D eigenvalue weighted by Gasteiger charge is 2.06. The predicted octanol–water partition coefficient (Wildman–Crippen LogP) is 2.84. The van der Waals surface area contributed by atoms with E-state index in [1.165, 1.54) is 24.0 Å². The van der Waals surface area contributed by atoms with Gasteiger partial charge in [-0.1, -0.05) is 38.1 Å². The van der Waals surface area contributed by atoms with Crippen LogP contribution < -0.4 is 5.32 Å². The Morgan fingerprint density at radius 2 is 1.95 bits per heavy atom. The van der Waals surface area contributed by atoms with Crippen LogP contribution in [0.2, 0.25) is 0 Å². The summed E-state index contributed by atoms with van der Waals surface area (Å²) in [5, 5.41) is 12.1. The third-order valence-electron chi connectivity index (χ3n) is 3.09. The number of benzene rings is 1. The molecule has 4 heteroatoms. The Labute approximate surface area is 118 Å². The van der Waals surface area contributed by atoms with Crippen molar-refractivity contribution in [1.82, 2.24) is 10.3 Å². The largest absolute Gasteiger partial charge is 0.506 e. The topological polar surface area (TPSA) is 62.2 Å². The fourth-order valence-corrected chi connectivity index (χ4v) is 1.86. The second kappa shape index (κ2) is 6.19. The molecule has 1 aromatic heterocycles.